The number of ether oxygens (including phenoxy) is 1. The summed E-state index contributed by atoms with van der Waals surface area (Å²) in [6.45, 7) is 4.14. The smallest absolute Gasteiger partial charge is 0.278 e. The standard InChI is InChI=1S/C10H23N3O3S/c1-12(2)17(14,15)11-8-10-4-5-13(9-10)6-7-16-3/h10-11H,4-9H2,1-3H3. The average molecular weight is 265 g/mol. The van der Waals surface area contributed by atoms with Crippen LogP contribution in [0.5, 0.6) is 0 Å². The lowest BCUT2D eigenvalue weighted by Crippen LogP contribution is -2.39. The van der Waals surface area contributed by atoms with E-state index in [0.717, 1.165) is 32.7 Å². The Morgan fingerprint density at radius 1 is 1.47 bits per heavy atom. The van der Waals surface area contributed by atoms with Gasteiger partial charge in [-0.25, -0.2) is 4.72 Å². The second-order valence-electron chi connectivity index (χ2n) is 4.58. The van der Waals surface area contributed by atoms with Crippen LogP contribution in [0.25, 0.3) is 0 Å². The maximum absolute atomic E-state index is 11.5. The third kappa shape index (κ3) is 4.89. The van der Waals surface area contributed by atoms with E-state index in [4.69, 9.17) is 4.74 Å². The van der Waals surface area contributed by atoms with Crippen molar-refractivity contribution >= 4 is 10.2 Å². The highest BCUT2D eigenvalue weighted by Gasteiger charge is 2.24. The lowest BCUT2D eigenvalue weighted by Gasteiger charge is -2.17. The molecule has 0 spiro atoms. The molecule has 6 nitrogen and oxygen atoms in total. The van der Waals surface area contributed by atoms with Crippen molar-refractivity contribution in [1.82, 2.24) is 13.9 Å². The Kier molecular flexibility index (Phi) is 5.81. The number of rotatable bonds is 7. The van der Waals surface area contributed by atoms with Crippen molar-refractivity contribution in [3.8, 4) is 0 Å². The van der Waals surface area contributed by atoms with E-state index >= 15 is 0 Å². The highest BCUT2D eigenvalue weighted by molar-refractivity contribution is 7.87. The summed E-state index contributed by atoms with van der Waals surface area (Å²) in [6, 6.07) is 0. The molecule has 0 aliphatic carbocycles. The van der Waals surface area contributed by atoms with Gasteiger partial charge in [0.1, 0.15) is 0 Å². The minimum Gasteiger partial charge on any atom is -0.383 e. The summed E-state index contributed by atoms with van der Waals surface area (Å²) < 4.78 is 31.9. The summed E-state index contributed by atoms with van der Waals surface area (Å²) >= 11 is 0. The highest BCUT2D eigenvalue weighted by atomic mass is 32.2. The fourth-order valence-electron chi connectivity index (χ4n) is 1.86. The van der Waals surface area contributed by atoms with E-state index in [1.807, 2.05) is 0 Å². The highest BCUT2D eigenvalue weighted by Crippen LogP contribution is 2.15. The summed E-state index contributed by atoms with van der Waals surface area (Å²) in [4.78, 5) is 2.30. The van der Waals surface area contributed by atoms with Crippen molar-refractivity contribution in [2.24, 2.45) is 5.92 Å². The Balaban J connectivity index is 2.27. The molecule has 0 aromatic heterocycles. The van der Waals surface area contributed by atoms with Crippen LogP contribution in [0.4, 0.5) is 0 Å². The van der Waals surface area contributed by atoms with Gasteiger partial charge >= 0.3 is 0 Å². The maximum Gasteiger partial charge on any atom is 0.278 e. The predicted octanol–water partition coefficient (Wildman–Crippen LogP) is -0.649. The van der Waals surface area contributed by atoms with Gasteiger partial charge in [0.15, 0.2) is 0 Å². The second kappa shape index (κ2) is 6.65. The minimum atomic E-state index is -3.28. The molecule has 0 radical (unpaired) electrons. The lowest BCUT2D eigenvalue weighted by atomic mass is 10.1. The molecule has 102 valence electrons. The molecule has 0 saturated carbocycles. The van der Waals surface area contributed by atoms with E-state index in [9.17, 15) is 8.42 Å². The number of nitrogens with zero attached hydrogens (tertiary/aromatic N) is 2. The van der Waals surface area contributed by atoms with E-state index in [1.165, 1.54) is 18.4 Å². The first-order chi connectivity index (χ1) is 7.95. The Hall–Kier alpha value is -0.210. The molecule has 1 saturated heterocycles. The van der Waals surface area contributed by atoms with Crippen LogP contribution >= 0.6 is 0 Å². The van der Waals surface area contributed by atoms with Crippen molar-refractivity contribution in [3.05, 3.63) is 0 Å². The average Bonchev–Trinajstić information content (AvgIpc) is 2.71. The minimum absolute atomic E-state index is 0.404. The first-order valence-electron chi connectivity index (χ1n) is 5.84. The molecule has 0 aromatic rings. The number of hydrogen-bond acceptors (Lipinski definition) is 4. The second-order valence-corrected chi connectivity index (χ2v) is 6.55. The van der Waals surface area contributed by atoms with Crippen LogP contribution in [0.1, 0.15) is 6.42 Å². The molecule has 1 atom stereocenters. The van der Waals surface area contributed by atoms with E-state index in [-0.39, 0.29) is 0 Å². The van der Waals surface area contributed by atoms with Crippen molar-refractivity contribution in [2.75, 3.05) is 54.0 Å². The number of likely N-dealkylation sites (tertiary alicyclic amines) is 1. The monoisotopic (exact) mass is 265 g/mol. The summed E-state index contributed by atoms with van der Waals surface area (Å²) in [5, 5.41) is 0. The van der Waals surface area contributed by atoms with Gasteiger partial charge in [-0.05, 0) is 18.9 Å². The molecular formula is C10H23N3O3S. The Morgan fingerprint density at radius 3 is 2.76 bits per heavy atom. The van der Waals surface area contributed by atoms with E-state index in [1.54, 1.807) is 7.11 Å². The third-order valence-electron chi connectivity index (χ3n) is 3.02. The maximum atomic E-state index is 11.5. The van der Waals surface area contributed by atoms with Crippen LogP contribution in [0, 0.1) is 5.92 Å². The molecular weight excluding hydrogens is 242 g/mol. The van der Waals surface area contributed by atoms with Crippen molar-refractivity contribution < 1.29 is 13.2 Å². The van der Waals surface area contributed by atoms with Crippen LogP contribution in [0.15, 0.2) is 0 Å². The largest absolute Gasteiger partial charge is 0.383 e. The van der Waals surface area contributed by atoms with Gasteiger partial charge in [0.25, 0.3) is 10.2 Å². The van der Waals surface area contributed by atoms with Gasteiger partial charge in [0.2, 0.25) is 0 Å². The predicted molar refractivity (Wildman–Crippen MR) is 67.0 cm³/mol. The normalized spacial score (nSPS) is 22.5. The van der Waals surface area contributed by atoms with Crippen LogP contribution < -0.4 is 4.72 Å². The van der Waals surface area contributed by atoms with Crippen molar-refractivity contribution in [1.29, 1.82) is 0 Å². The van der Waals surface area contributed by atoms with Gasteiger partial charge in [-0.3, -0.25) is 0 Å². The Labute approximate surface area is 104 Å². The van der Waals surface area contributed by atoms with Crippen molar-refractivity contribution in [2.45, 2.75) is 6.42 Å². The molecule has 1 fully saturated rings. The van der Waals surface area contributed by atoms with Crippen LogP contribution in [0.2, 0.25) is 0 Å². The van der Waals surface area contributed by atoms with Gasteiger partial charge in [-0.2, -0.15) is 12.7 Å². The van der Waals surface area contributed by atoms with Crippen LogP contribution in [-0.4, -0.2) is 71.6 Å². The Bertz CT molecular complexity index is 319. The number of methoxy groups -OCH3 is 1. The number of hydrogen-bond donors (Lipinski definition) is 1. The molecule has 17 heavy (non-hydrogen) atoms. The molecule has 1 heterocycles. The summed E-state index contributed by atoms with van der Waals surface area (Å²) in [7, 11) is 1.47. The van der Waals surface area contributed by atoms with E-state index < -0.39 is 10.2 Å². The third-order valence-corrected chi connectivity index (χ3v) is 4.51. The van der Waals surface area contributed by atoms with Gasteiger partial charge in [0.05, 0.1) is 6.61 Å². The molecule has 0 bridgehead atoms. The molecule has 0 amide bonds. The van der Waals surface area contributed by atoms with Gasteiger partial charge in [-0.15, -0.1) is 0 Å². The van der Waals surface area contributed by atoms with Crippen molar-refractivity contribution in [3.63, 3.8) is 0 Å². The zero-order chi connectivity index (χ0) is 12.9. The number of nitrogens with one attached hydrogen (secondary N) is 1. The zero-order valence-electron chi connectivity index (χ0n) is 10.8. The van der Waals surface area contributed by atoms with Gasteiger partial charge in [0, 0.05) is 40.8 Å². The molecule has 1 aliphatic rings. The molecule has 1 aliphatic heterocycles. The van der Waals surface area contributed by atoms with E-state index in [2.05, 4.69) is 9.62 Å². The fourth-order valence-corrected chi connectivity index (χ4v) is 2.56. The Morgan fingerprint density at radius 2 is 2.18 bits per heavy atom. The van der Waals surface area contributed by atoms with Crippen LogP contribution in [-0.2, 0) is 14.9 Å². The summed E-state index contributed by atoms with van der Waals surface area (Å²) in [5.74, 6) is 0.404. The molecule has 1 unspecified atom stereocenters. The van der Waals surface area contributed by atoms with Gasteiger partial charge in [-0.1, -0.05) is 0 Å². The summed E-state index contributed by atoms with van der Waals surface area (Å²) in [5.41, 5.74) is 0. The molecule has 7 heteroatoms. The quantitative estimate of drug-likeness (QED) is 0.664. The fraction of sp³-hybridized carbons (Fsp3) is 1.00. The zero-order valence-corrected chi connectivity index (χ0v) is 11.7. The topological polar surface area (TPSA) is 61.9 Å². The molecule has 0 aromatic carbocycles. The first-order valence-corrected chi connectivity index (χ1v) is 7.28. The first kappa shape index (κ1) is 14.8. The van der Waals surface area contributed by atoms with Crippen LogP contribution in [0.3, 0.4) is 0 Å². The van der Waals surface area contributed by atoms with Gasteiger partial charge < -0.3 is 9.64 Å². The molecule has 1 rings (SSSR count). The lowest BCUT2D eigenvalue weighted by molar-refractivity contribution is 0.159. The van der Waals surface area contributed by atoms with E-state index in [0.29, 0.717) is 12.5 Å². The summed E-state index contributed by atoms with van der Waals surface area (Å²) in [6.07, 6.45) is 1.04. The molecule has 1 N–H and O–H groups in total. The SMILES string of the molecule is COCCN1CCC(CNS(=O)(=O)N(C)C)C1.